The minimum absolute atomic E-state index is 0.105. The molecule has 0 bridgehead atoms. The third-order valence-electron chi connectivity index (χ3n) is 8.49. The van der Waals surface area contributed by atoms with Gasteiger partial charge in [0.1, 0.15) is 6.29 Å². The maximum atomic E-state index is 12.7. The van der Waals surface area contributed by atoms with E-state index in [0.29, 0.717) is 6.54 Å². The summed E-state index contributed by atoms with van der Waals surface area (Å²) in [7, 11) is 0. The molecule has 1 aliphatic rings. The molecule has 2 atom stereocenters. The van der Waals surface area contributed by atoms with Crippen LogP contribution in [0.3, 0.4) is 0 Å². The Bertz CT molecular complexity index is 1600. The zero-order valence-electron chi connectivity index (χ0n) is 24.4. The van der Waals surface area contributed by atoms with Gasteiger partial charge in [0.15, 0.2) is 0 Å². The zero-order valence-corrected chi connectivity index (χ0v) is 24.4. The number of aromatic nitrogens is 1. The maximum Gasteiger partial charge on any atom is 0.138 e. The van der Waals surface area contributed by atoms with Crippen LogP contribution in [0.1, 0.15) is 47.6 Å². The van der Waals surface area contributed by atoms with Crippen LogP contribution in [0.25, 0.3) is 22.2 Å². The minimum atomic E-state index is -0.170. The van der Waals surface area contributed by atoms with Crippen molar-refractivity contribution in [3.63, 3.8) is 0 Å². The second-order valence-corrected chi connectivity index (χ2v) is 11.5. The van der Waals surface area contributed by atoms with Crippen LogP contribution in [-0.2, 0) is 11.3 Å². The van der Waals surface area contributed by atoms with E-state index in [1.165, 1.54) is 29.4 Å². The molecule has 0 saturated carbocycles. The van der Waals surface area contributed by atoms with Crippen molar-refractivity contribution in [1.29, 1.82) is 0 Å². The number of piperidine rings is 1. The van der Waals surface area contributed by atoms with Crippen molar-refractivity contribution in [3.05, 3.63) is 138 Å². The highest BCUT2D eigenvalue weighted by Gasteiger charge is 2.31. The summed E-state index contributed by atoms with van der Waals surface area (Å²) in [5.74, 6) is 0. The predicted molar refractivity (Wildman–Crippen MR) is 172 cm³/mol. The van der Waals surface area contributed by atoms with E-state index in [1.54, 1.807) is 0 Å². The first-order valence-corrected chi connectivity index (χ1v) is 15.2. The molecule has 5 aromatic rings. The SMILES string of the molecule is Cc1ccc2nc(-c3ccccc3)c(C(c3ccccc3)N(Cc3ccccc3)CC(C=O)N3CCCCC3)cc2c1. The van der Waals surface area contributed by atoms with Gasteiger partial charge in [0.25, 0.3) is 0 Å². The quantitative estimate of drug-likeness (QED) is 0.165. The topological polar surface area (TPSA) is 36.4 Å². The van der Waals surface area contributed by atoms with Gasteiger partial charge in [-0.25, -0.2) is 4.98 Å². The predicted octanol–water partition coefficient (Wildman–Crippen LogP) is 7.86. The van der Waals surface area contributed by atoms with Crippen molar-refractivity contribution in [2.24, 2.45) is 0 Å². The average Bonchev–Trinajstić information content (AvgIpc) is 3.05. The number of nitrogens with zero attached hydrogens (tertiary/aromatic N) is 3. The highest BCUT2D eigenvalue weighted by molar-refractivity contribution is 5.84. The van der Waals surface area contributed by atoms with E-state index in [0.717, 1.165) is 60.2 Å². The lowest BCUT2D eigenvalue weighted by atomic mass is 9.91. The molecule has 2 unspecified atom stereocenters. The minimum Gasteiger partial charge on any atom is -0.302 e. The first-order chi connectivity index (χ1) is 20.7. The summed E-state index contributed by atoms with van der Waals surface area (Å²) in [5, 5.41) is 1.13. The average molecular weight is 554 g/mol. The fraction of sp³-hybridized carbons (Fsp3) is 0.263. The third kappa shape index (κ3) is 6.35. The number of hydrogen-bond acceptors (Lipinski definition) is 4. The molecule has 2 heterocycles. The molecule has 42 heavy (non-hydrogen) atoms. The Hall–Kier alpha value is -4.12. The monoisotopic (exact) mass is 553 g/mol. The molecular weight excluding hydrogens is 514 g/mol. The van der Waals surface area contributed by atoms with E-state index in [2.05, 4.69) is 132 Å². The number of rotatable bonds is 10. The van der Waals surface area contributed by atoms with Gasteiger partial charge in [-0.2, -0.15) is 0 Å². The highest BCUT2D eigenvalue weighted by atomic mass is 16.1. The molecule has 1 saturated heterocycles. The summed E-state index contributed by atoms with van der Waals surface area (Å²) in [5.41, 5.74) is 7.87. The molecule has 0 amide bonds. The van der Waals surface area contributed by atoms with Gasteiger partial charge in [0, 0.05) is 29.6 Å². The molecule has 1 aliphatic heterocycles. The van der Waals surface area contributed by atoms with Crippen molar-refractivity contribution in [1.82, 2.24) is 14.8 Å². The third-order valence-corrected chi connectivity index (χ3v) is 8.49. The van der Waals surface area contributed by atoms with Gasteiger partial charge < -0.3 is 4.79 Å². The van der Waals surface area contributed by atoms with Crippen LogP contribution in [0.15, 0.2) is 115 Å². The normalized spacial score (nSPS) is 15.5. The molecule has 0 radical (unpaired) electrons. The van der Waals surface area contributed by atoms with Gasteiger partial charge in [-0.3, -0.25) is 9.80 Å². The van der Waals surface area contributed by atoms with Gasteiger partial charge in [-0.1, -0.05) is 109 Å². The van der Waals surface area contributed by atoms with E-state index in [-0.39, 0.29) is 12.1 Å². The number of aldehydes is 1. The van der Waals surface area contributed by atoms with Crippen LogP contribution >= 0.6 is 0 Å². The van der Waals surface area contributed by atoms with Crippen LogP contribution in [0.4, 0.5) is 0 Å². The van der Waals surface area contributed by atoms with E-state index in [9.17, 15) is 4.79 Å². The van der Waals surface area contributed by atoms with Crippen LogP contribution in [0.5, 0.6) is 0 Å². The number of pyridine rings is 1. The van der Waals surface area contributed by atoms with Crippen LogP contribution in [-0.4, -0.2) is 46.7 Å². The van der Waals surface area contributed by atoms with Crippen LogP contribution in [0, 0.1) is 6.92 Å². The van der Waals surface area contributed by atoms with Crippen molar-refractivity contribution >= 4 is 17.2 Å². The van der Waals surface area contributed by atoms with Crippen molar-refractivity contribution in [2.45, 2.75) is 44.8 Å². The van der Waals surface area contributed by atoms with Gasteiger partial charge in [0.2, 0.25) is 0 Å². The smallest absolute Gasteiger partial charge is 0.138 e. The van der Waals surface area contributed by atoms with E-state index >= 15 is 0 Å². The second-order valence-electron chi connectivity index (χ2n) is 11.5. The van der Waals surface area contributed by atoms with Crippen molar-refractivity contribution in [3.8, 4) is 11.3 Å². The molecule has 212 valence electrons. The molecule has 0 aliphatic carbocycles. The molecule has 4 aromatic carbocycles. The summed E-state index contributed by atoms with van der Waals surface area (Å²) in [6.07, 6.45) is 4.71. The lowest BCUT2D eigenvalue weighted by Gasteiger charge is -2.39. The molecule has 1 aromatic heterocycles. The first kappa shape index (κ1) is 28.0. The number of likely N-dealkylation sites (tertiary alicyclic amines) is 1. The Morgan fingerprint density at radius 3 is 2.17 bits per heavy atom. The lowest BCUT2D eigenvalue weighted by Crippen LogP contribution is -2.48. The molecule has 6 rings (SSSR count). The van der Waals surface area contributed by atoms with E-state index in [1.807, 2.05) is 0 Å². The lowest BCUT2D eigenvalue weighted by molar-refractivity contribution is -0.113. The first-order valence-electron chi connectivity index (χ1n) is 15.2. The Balaban J connectivity index is 1.55. The Morgan fingerprint density at radius 2 is 1.48 bits per heavy atom. The summed E-state index contributed by atoms with van der Waals surface area (Å²) in [6.45, 7) is 5.44. The molecule has 4 heteroatoms. The number of aryl methyl sites for hydroxylation is 1. The number of carbonyl (C=O) groups excluding carboxylic acids is 1. The van der Waals surface area contributed by atoms with Crippen LogP contribution in [0.2, 0.25) is 0 Å². The van der Waals surface area contributed by atoms with Crippen molar-refractivity contribution in [2.75, 3.05) is 19.6 Å². The van der Waals surface area contributed by atoms with E-state index in [4.69, 9.17) is 4.98 Å². The van der Waals surface area contributed by atoms with Crippen LogP contribution < -0.4 is 0 Å². The van der Waals surface area contributed by atoms with Gasteiger partial charge in [0.05, 0.1) is 23.3 Å². The van der Waals surface area contributed by atoms with Gasteiger partial charge in [-0.05, 0) is 62.2 Å². The summed E-state index contributed by atoms with van der Waals surface area (Å²) >= 11 is 0. The number of hydrogen-bond donors (Lipinski definition) is 0. The largest absolute Gasteiger partial charge is 0.302 e. The second kappa shape index (κ2) is 13.2. The van der Waals surface area contributed by atoms with Crippen molar-refractivity contribution < 1.29 is 4.79 Å². The number of fused-ring (bicyclic) bond motifs is 1. The molecule has 4 nitrogen and oxygen atoms in total. The molecule has 0 N–H and O–H groups in total. The molecular formula is C38H39N3O. The summed E-state index contributed by atoms with van der Waals surface area (Å²) in [6, 6.07) is 40.4. The molecule has 0 spiro atoms. The summed E-state index contributed by atoms with van der Waals surface area (Å²) < 4.78 is 0. The number of carbonyl (C=O) groups is 1. The summed E-state index contributed by atoms with van der Waals surface area (Å²) in [4.78, 5) is 22.9. The van der Waals surface area contributed by atoms with Gasteiger partial charge >= 0.3 is 0 Å². The Kier molecular flexibility index (Phi) is 8.83. The fourth-order valence-electron chi connectivity index (χ4n) is 6.38. The fourth-order valence-corrected chi connectivity index (χ4v) is 6.38. The van der Waals surface area contributed by atoms with E-state index < -0.39 is 0 Å². The Labute approximate surface area is 249 Å². The molecule has 1 fully saturated rings. The standard InChI is InChI=1S/C38H39N3O/c1-29-20-21-36-33(24-29)25-35(37(39-36)31-16-8-3-9-17-31)38(32-18-10-4-11-19-32)41(26-30-14-6-2-7-15-30)27-34(28-42)40-22-12-5-13-23-40/h2-4,6-11,14-21,24-25,28,34,38H,5,12-13,22-23,26-27H2,1H3. The number of benzene rings is 4. The van der Waals surface area contributed by atoms with Gasteiger partial charge in [-0.15, -0.1) is 0 Å². The maximum absolute atomic E-state index is 12.7. The zero-order chi connectivity index (χ0) is 28.7. The Morgan fingerprint density at radius 1 is 0.810 bits per heavy atom. The highest BCUT2D eigenvalue weighted by Crippen LogP contribution is 2.38.